The summed E-state index contributed by atoms with van der Waals surface area (Å²) in [5, 5.41) is 17.7. The molecule has 0 aliphatic rings. The number of hydrogen-bond donors (Lipinski definition) is 2. The monoisotopic (exact) mass is 298 g/mol. The predicted molar refractivity (Wildman–Crippen MR) is 84.4 cm³/mol. The van der Waals surface area contributed by atoms with E-state index in [1.165, 1.54) is 32.1 Å². The van der Waals surface area contributed by atoms with Crippen LogP contribution in [0.5, 0.6) is 0 Å². The molecule has 0 aromatic rings. The van der Waals surface area contributed by atoms with Gasteiger partial charge in [0.2, 0.25) is 0 Å². The molecule has 0 aromatic heterocycles. The summed E-state index contributed by atoms with van der Waals surface area (Å²) in [7, 11) is 0. The first kappa shape index (κ1) is 19.7. The van der Waals surface area contributed by atoms with Gasteiger partial charge in [-0.2, -0.15) is 0 Å². The van der Waals surface area contributed by atoms with Gasteiger partial charge in [-0.25, -0.2) is 4.79 Å². The molecule has 0 fully saturated rings. The van der Waals surface area contributed by atoms with Crippen molar-refractivity contribution < 1.29 is 19.8 Å². The molecule has 4 heteroatoms. The van der Waals surface area contributed by atoms with Crippen LogP contribution >= 0.6 is 0 Å². The molecule has 21 heavy (non-hydrogen) atoms. The Balaban J connectivity index is 3.76. The highest BCUT2D eigenvalue weighted by atomic mass is 16.4. The molecule has 0 saturated heterocycles. The highest BCUT2D eigenvalue weighted by Crippen LogP contribution is 2.14. The zero-order chi connectivity index (χ0) is 15.9. The zero-order valence-corrected chi connectivity index (χ0v) is 13.3. The number of unbranched alkanes of at least 4 members (excludes halogenated alkanes) is 8. The zero-order valence-electron chi connectivity index (χ0n) is 13.3. The Hall–Kier alpha value is -1.32. The number of carboxylic acid groups (broad SMARTS) is 2. The number of carboxylic acids is 2. The highest BCUT2D eigenvalue weighted by Gasteiger charge is 2.06. The van der Waals surface area contributed by atoms with Gasteiger partial charge in [-0.05, 0) is 32.1 Å². The Labute approximate surface area is 128 Å². The van der Waals surface area contributed by atoms with Gasteiger partial charge >= 0.3 is 11.9 Å². The minimum atomic E-state index is -0.834. The molecule has 0 aromatic carbocycles. The summed E-state index contributed by atoms with van der Waals surface area (Å²) < 4.78 is 0. The lowest BCUT2D eigenvalue weighted by atomic mass is 10.0. The maximum Gasteiger partial charge on any atom is 0.331 e. The van der Waals surface area contributed by atoms with Gasteiger partial charge in [-0.3, -0.25) is 4.79 Å². The van der Waals surface area contributed by atoms with E-state index in [9.17, 15) is 9.59 Å². The Morgan fingerprint density at radius 1 is 0.810 bits per heavy atom. The lowest BCUT2D eigenvalue weighted by Crippen LogP contribution is -2.01. The molecule has 0 aliphatic heterocycles. The van der Waals surface area contributed by atoms with Crippen LogP contribution in [-0.4, -0.2) is 22.2 Å². The molecule has 122 valence electrons. The fourth-order valence-electron chi connectivity index (χ4n) is 2.27. The average Bonchev–Trinajstić information content (AvgIpc) is 2.43. The number of rotatable bonds is 14. The van der Waals surface area contributed by atoms with Crippen LogP contribution in [0.25, 0.3) is 0 Å². The van der Waals surface area contributed by atoms with Gasteiger partial charge in [0.05, 0.1) is 0 Å². The van der Waals surface area contributed by atoms with Crippen LogP contribution in [0, 0.1) is 0 Å². The largest absolute Gasteiger partial charge is 0.481 e. The van der Waals surface area contributed by atoms with Crippen molar-refractivity contribution in [3.8, 4) is 0 Å². The number of hydrogen-bond acceptors (Lipinski definition) is 2. The maximum atomic E-state index is 11.1. The molecule has 0 bridgehead atoms. The van der Waals surface area contributed by atoms with Crippen LogP contribution in [0.15, 0.2) is 11.6 Å². The first-order chi connectivity index (χ1) is 10.1. The molecule has 0 saturated carbocycles. The number of allylic oxidation sites excluding steroid dienone is 1. The summed E-state index contributed by atoms with van der Waals surface area (Å²) >= 11 is 0. The Bertz CT molecular complexity index is 321. The van der Waals surface area contributed by atoms with E-state index >= 15 is 0 Å². The van der Waals surface area contributed by atoms with Crippen LogP contribution in [0.4, 0.5) is 0 Å². The van der Waals surface area contributed by atoms with E-state index in [0.29, 0.717) is 18.4 Å². The van der Waals surface area contributed by atoms with Crippen LogP contribution in [-0.2, 0) is 9.59 Å². The molecule has 0 amide bonds. The van der Waals surface area contributed by atoms with Crippen molar-refractivity contribution >= 4 is 11.9 Å². The smallest absolute Gasteiger partial charge is 0.331 e. The van der Waals surface area contributed by atoms with Gasteiger partial charge < -0.3 is 10.2 Å². The van der Waals surface area contributed by atoms with E-state index in [1.54, 1.807) is 0 Å². The fraction of sp³-hybridized carbons (Fsp3) is 0.765. The molecule has 0 atom stereocenters. The van der Waals surface area contributed by atoms with Gasteiger partial charge in [0.1, 0.15) is 0 Å². The van der Waals surface area contributed by atoms with E-state index in [0.717, 1.165) is 25.7 Å². The minimum absolute atomic E-state index is 0.171. The van der Waals surface area contributed by atoms with E-state index in [4.69, 9.17) is 10.2 Å². The Morgan fingerprint density at radius 3 is 2.00 bits per heavy atom. The SMILES string of the molecule is CCCCCCCCC=C(CCCCCC(=O)O)C(=O)O. The third-order valence-corrected chi connectivity index (χ3v) is 3.56. The van der Waals surface area contributed by atoms with E-state index in [-0.39, 0.29) is 6.42 Å². The molecule has 0 spiro atoms. The summed E-state index contributed by atoms with van der Waals surface area (Å²) in [6.45, 7) is 2.19. The minimum Gasteiger partial charge on any atom is -0.481 e. The lowest BCUT2D eigenvalue weighted by molar-refractivity contribution is -0.137. The summed E-state index contributed by atoms with van der Waals surface area (Å²) in [6, 6.07) is 0. The molecular formula is C17H30O4. The summed E-state index contributed by atoms with van der Waals surface area (Å²) in [4.78, 5) is 21.5. The second-order valence-electron chi connectivity index (χ2n) is 5.55. The summed E-state index contributed by atoms with van der Waals surface area (Å²) in [6.07, 6.45) is 12.8. The third kappa shape index (κ3) is 13.4. The van der Waals surface area contributed by atoms with Gasteiger partial charge in [-0.15, -0.1) is 0 Å². The molecule has 0 radical (unpaired) electrons. The van der Waals surface area contributed by atoms with Crippen LogP contribution < -0.4 is 0 Å². The van der Waals surface area contributed by atoms with Crippen LogP contribution in [0.3, 0.4) is 0 Å². The Morgan fingerprint density at radius 2 is 1.38 bits per heavy atom. The molecule has 0 heterocycles. The molecule has 2 N–H and O–H groups in total. The van der Waals surface area contributed by atoms with Crippen molar-refractivity contribution in [2.45, 2.75) is 84.0 Å². The first-order valence-corrected chi connectivity index (χ1v) is 8.22. The van der Waals surface area contributed by atoms with E-state index in [1.807, 2.05) is 6.08 Å². The molecule has 0 rings (SSSR count). The second kappa shape index (κ2) is 13.7. The number of carbonyl (C=O) groups is 2. The highest BCUT2D eigenvalue weighted by molar-refractivity contribution is 5.86. The lowest BCUT2D eigenvalue weighted by Gasteiger charge is -2.03. The molecule has 4 nitrogen and oxygen atoms in total. The third-order valence-electron chi connectivity index (χ3n) is 3.56. The van der Waals surface area contributed by atoms with Crippen LogP contribution in [0.2, 0.25) is 0 Å². The van der Waals surface area contributed by atoms with Gasteiger partial charge in [0.25, 0.3) is 0 Å². The first-order valence-electron chi connectivity index (χ1n) is 8.22. The Kier molecular flexibility index (Phi) is 12.8. The standard InChI is InChI=1S/C17H30O4/c1-2-3-4-5-6-7-9-12-15(17(20)21)13-10-8-11-14-16(18)19/h12H,2-11,13-14H2,1H3,(H,18,19)(H,20,21). The molecular weight excluding hydrogens is 268 g/mol. The summed E-state index contributed by atoms with van der Waals surface area (Å²) in [5.74, 6) is -1.62. The van der Waals surface area contributed by atoms with Crippen molar-refractivity contribution in [2.24, 2.45) is 0 Å². The maximum absolute atomic E-state index is 11.1. The fourth-order valence-corrected chi connectivity index (χ4v) is 2.27. The van der Waals surface area contributed by atoms with Crippen molar-refractivity contribution in [1.29, 1.82) is 0 Å². The molecule has 0 aliphatic carbocycles. The van der Waals surface area contributed by atoms with Gasteiger partial charge in [-0.1, -0.05) is 51.5 Å². The van der Waals surface area contributed by atoms with Crippen molar-refractivity contribution in [1.82, 2.24) is 0 Å². The van der Waals surface area contributed by atoms with E-state index in [2.05, 4.69) is 6.92 Å². The second-order valence-corrected chi connectivity index (χ2v) is 5.55. The van der Waals surface area contributed by atoms with Gasteiger partial charge in [0, 0.05) is 12.0 Å². The van der Waals surface area contributed by atoms with Crippen LogP contribution in [0.1, 0.15) is 84.0 Å². The van der Waals surface area contributed by atoms with Crippen molar-refractivity contribution in [3.63, 3.8) is 0 Å². The summed E-state index contributed by atoms with van der Waals surface area (Å²) in [5.41, 5.74) is 0.485. The topological polar surface area (TPSA) is 74.6 Å². The number of aliphatic carboxylic acids is 2. The van der Waals surface area contributed by atoms with E-state index < -0.39 is 11.9 Å². The van der Waals surface area contributed by atoms with Gasteiger partial charge in [0.15, 0.2) is 0 Å². The van der Waals surface area contributed by atoms with Crippen molar-refractivity contribution in [3.05, 3.63) is 11.6 Å². The normalized spacial score (nSPS) is 11.6. The quantitative estimate of drug-likeness (QED) is 0.357. The predicted octanol–water partition coefficient (Wildman–Crippen LogP) is 4.78. The average molecular weight is 298 g/mol. The molecule has 0 unspecified atom stereocenters. The van der Waals surface area contributed by atoms with Crippen molar-refractivity contribution in [2.75, 3.05) is 0 Å².